The van der Waals surface area contributed by atoms with E-state index >= 15 is 0 Å². The van der Waals surface area contributed by atoms with E-state index in [9.17, 15) is 4.79 Å². The second kappa shape index (κ2) is 6.21. The molecule has 92 valence electrons. The lowest BCUT2D eigenvalue weighted by Crippen LogP contribution is -2.23. The number of nitrogens with one attached hydrogen (secondary N) is 1. The molecule has 2 rings (SSSR count). The van der Waals surface area contributed by atoms with E-state index in [-0.39, 0.29) is 5.97 Å². The van der Waals surface area contributed by atoms with E-state index in [0.29, 0.717) is 24.9 Å². The van der Waals surface area contributed by atoms with Gasteiger partial charge in [0.25, 0.3) is 0 Å². The van der Waals surface area contributed by atoms with E-state index < -0.39 is 0 Å². The molecule has 0 aliphatic carbocycles. The summed E-state index contributed by atoms with van der Waals surface area (Å²) >= 11 is 0. The summed E-state index contributed by atoms with van der Waals surface area (Å²) < 4.78 is 10.6. The Morgan fingerprint density at radius 2 is 2.06 bits per heavy atom. The molecular formula is C12H21NO3. The van der Waals surface area contributed by atoms with Gasteiger partial charge < -0.3 is 14.8 Å². The van der Waals surface area contributed by atoms with Crippen molar-refractivity contribution in [2.75, 3.05) is 32.9 Å². The van der Waals surface area contributed by atoms with Gasteiger partial charge in [-0.05, 0) is 44.2 Å². The summed E-state index contributed by atoms with van der Waals surface area (Å²) in [5, 5.41) is 3.26. The van der Waals surface area contributed by atoms with E-state index in [1.54, 1.807) is 0 Å². The van der Waals surface area contributed by atoms with Gasteiger partial charge >= 0.3 is 5.97 Å². The average molecular weight is 227 g/mol. The van der Waals surface area contributed by atoms with Crippen LogP contribution in [0.3, 0.4) is 0 Å². The van der Waals surface area contributed by atoms with Gasteiger partial charge in [-0.25, -0.2) is 0 Å². The fourth-order valence-electron chi connectivity index (χ4n) is 2.31. The summed E-state index contributed by atoms with van der Waals surface area (Å²) in [6.07, 6.45) is 3.74. The highest BCUT2D eigenvalue weighted by atomic mass is 16.5. The molecule has 0 radical (unpaired) electrons. The maximum Gasteiger partial charge on any atom is 0.306 e. The van der Waals surface area contributed by atoms with Crippen molar-refractivity contribution in [1.29, 1.82) is 0 Å². The first kappa shape index (κ1) is 11.9. The normalized spacial score (nSPS) is 26.9. The van der Waals surface area contributed by atoms with Crippen molar-refractivity contribution in [3.63, 3.8) is 0 Å². The molecule has 1 atom stereocenters. The number of carbonyl (C=O) groups is 1. The van der Waals surface area contributed by atoms with Crippen LogP contribution in [0, 0.1) is 11.8 Å². The number of hydrogen-bond donors (Lipinski definition) is 1. The Kier molecular flexibility index (Phi) is 4.60. The van der Waals surface area contributed by atoms with E-state index in [1.165, 1.54) is 0 Å². The minimum absolute atomic E-state index is 0.0276. The topological polar surface area (TPSA) is 47.6 Å². The van der Waals surface area contributed by atoms with E-state index in [2.05, 4.69) is 5.32 Å². The molecule has 1 N–H and O–H groups in total. The van der Waals surface area contributed by atoms with Gasteiger partial charge in [0.05, 0.1) is 6.61 Å². The van der Waals surface area contributed by atoms with E-state index in [4.69, 9.17) is 9.47 Å². The molecule has 2 saturated heterocycles. The van der Waals surface area contributed by atoms with Crippen molar-refractivity contribution >= 4 is 5.97 Å². The van der Waals surface area contributed by atoms with Crippen LogP contribution in [-0.4, -0.2) is 38.9 Å². The van der Waals surface area contributed by atoms with Crippen molar-refractivity contribution in [2.45, 2.75) is 25.7 Å². The Hall–Kier alpha value is -0.610. The first-order chi connectivity index (χ1) is 7.84. The number of hydrogen-bond acceptors (Lipinski definition) is 4. The third-order valence-electron chi connectivity index (χ3n) is 3.44. The molecule has 2 heterocycles. The summed E-state index contributed by atoms with van der Waals surface area (Å²) in [4.78, 5) is 11.6. The number of rotatable bonds is 4. The van der Waals surface area contributed by atoms with Crippen LogP contribution in [-0.2, 0) is 14.3 Å². The largest absolute Gasteiger partial charge is 0.465 e. The molecule has 0 saturated carbocycles. The van der Waals surface area contributed by atoms with Crippen LogP contribution in [0.15, 0.2) is 0 Å². The van der Waals surface area contributed by atoms with Crippen LogP contribution >= 0.6 is 0 Å². The van der Waals surface area contributed by atoms with Gasteiger partial charge in [0.15, 0.2) is 0 Å². The standard InChI is InChI=1S/C12H21NO3/c14-12(7-11-1-4-13-8-11)16-9-10-2-5-15-6-3-10/h10-11,13H,1-9H2. The number of ether oxygens (including phenoxy) is 2. The molecule has 2 aliphatic heterocycles. The molecule has 0 bridgehead atoms. The van der Waals surface area contributed by atoms with Crippen LogP contribution in [0.5, 0.6) is 0 Å². The zero-order chi connectivity index (χ0) is 11.2. The average Bonchev–Trinajstić information content (AvgIpc) is 2.81. The van der Waals surface area contributed by atoms with Crippen LogP contribution in [0.4, 0.5) is 0 Å². The van der Waals surface area contributed by atoms with Crippen LogP contribution in [0.1, 0.15) is 25.7 Å². The Balaban J connectivity index is 1.59. The fourth-order valence-corrected chi connectivity index (χ4v) is 2.31. The molecule has 2 fully saturated rings. The summed E-state index contributed by atoms with van der Waals surface area (Å²) in [6.45, 7) is 4.22. The van der Waals surface area contributed by atoms with Gasteiger partial charge in [-0.15, -0.1) is 0 Å². The molecule has 4 nitrogen and oxygen atoms in total. The predicted octanol–water partition coefficient (Wildman–Crippen LogP) is 0.956. The van der Waals surface area contributed by atoms with Crippen molar-refractivity contribution < 1.29 is 14.3 Å². The first-order valence-electron chi connectivity index (χ1n) is 6.28. The minimum atomic E-state index is -0.0276. The minimum Gasteiger partial charge on any atom is -0.465 e. The van der Waals surface area contributed by atoms with E-state index in [1.807, 2.05) is 0 Å². The van der Waals surface area contributed by atoms with Gasteiger partial charge in [-0.3, -0.25) is 4.79 Å². The smallest absolute Gasteiger partial charge is 0.306 e. The summed E-state index contributed by atoms with van der Waals surface area (Å²) in [6, 6.07) is 0. The third-order valence-corrected chi connectivity index (χ3v) is 3.44. The van der Waals surface area contributed by atoms with Crippen LogP contribution in [0.2, 0.25) is 0 Å². The SMILES string of the molecule is O=C(CC1CCNC1)OCC1CCOCC1. The maximum absolute atomic E-state index is 11.6. The van der Waals surface area contributed by atoms with E-state index in [0.717, 1.165) is 45.6 Å². The molecule has 0 aromatic carbocycles. The maximum atomic E-state index is 11.6. The van der Waals surface area contributed by atoms with Crippen LogP contribution < -0.4 is 5.32 Å². The highest BCUT2D eigenvalue weighted by Gasteiger charge is 2.20. The van der Waals surface area contributed by atoms with Crippen molar-refractivity contribution in [2.24, 2.45) is 11.8 Å². The lowest BCUT2D eigenvalue weighted by molar-refractivity contribution is -0.147. The monoisotopic (exact) mass is 227 g/mol. The highest BCUT2D eigenvalue weighted by molar-refractivity contribution is 5.69. The molecule has 4 heteroatoms. The lowest BCUT2D eigenvalue weighted by atomic mass is 10.0. The van der Waals surface area contributed by atoms with Gasteiger partial charge in [-0.1, -0.05) is 0 Å². The fraction of sp³-hybridized carbons (Fsp3) is 0.917. The predicted molar refractivity (Wildman–Crippen MR) is 60.1 cm³/mol. The molecule has 0 aromatic heterocycles. The van der Waals surface area contributed by atoms with Gasteiger partial charge in [-0.2, -0.15) is 0 Å². The Labute approximate surface area is 96.7 Å². The zero-order valence-electron chi connectivity index (χ0n) is 9.74. The second-order valence-electron chi connectivity index (χ2n) is 4.80. The van der Waals surface area contributed by atoms with Gasteiger partial charge in [0.2, 0.25) is 0 Å². The lowest BCUT2D eigenvalue weighted by Gasteiger charge is -2.21. The molecule has 0 aromatic rings. The molecule has 0 amide bonds. The second-order valence-corrected chi connectivity index (χ2v) is 4.80. The van der Waals surface area contributed by atoms with Crippen LogP contribution in [0.25, 0.3) is 0 Å². The van der Waals surface area contributed by atoms with Crippen molar-refractivity contribution in [3.8, 4) is 0 Å². The molecule has 1 unspecified atom stereocenters. The Morgan fingerprint density at radius 1 is 1.25 bits per heavy atom. The van der Waals surface area contributed by atoms with Crippen molar-refractivity contribution in [3.05, 3.63) is 0 Å². The third kappa shape index (κ3) is 3.76. The highest BCUT2D eigenvalue weighted by Crippen LogP contribution is 2.17. The number of carbonyl (C=O) groups excluding carboxylic acids is 1. The number of esters is 1. The zero-order valence-corrected chi connectivity index (χ0v) is 9.74. The van der Waals surface area contributed by atoms with Gasteiger partial charge in [0, 0.05) is 19.6 Å². The Bertz CT molecular complexity index is 220. The quantitative estimate of drug-likeness (QED) is 0.727. The van der Waals surface area contributed by atoms with Gasteiger partial charge in [0.1, 0.15) is 0 Å². The Morgan fingerprint density at radius 3 is 2.75 bits per heavy atom. The van der Waals surface area contributed by atoms with Crippen molar-refractivity contribution in [1.82, 2.24) is 5.32 Å². The summed E-state index contributed by atoms with van der Waals surface area (Å²) in [5.41, 5.74) is 0. The molecule has 0 spiro atoms. The first-order valence-corrected chi connectivity index (χ1v) is 6.28. The summed E-state index contributed by atoms with van der Waals surface area (Å²) in [5.74, 6) is 0.974. The molecule has 2 aliphatic rings. The molecule has 16 heavy (non-hydrogen) atoms. The summed E-state index contributed by atoms with van der Waals surface area (Å²) in [7, 11) is 0. The molecular weight excluding hydrogens is 206 g/mol.